The molecule has 5 nitrogen and oxygen atoms in total. The fraction of sp³-hybridized carbons (Fsp3) is 0.692. The van der Waals surface area contributed by atoms with Crippen molar-refractivity contribution in [2.75, 3.05) is 25.2 Å². The maximum absolute atomic E-state index is 6.32. The van der Waals surface area contributed by atoms with Crippen LogP contribution in [0.5, 0.6) is 5.88 Å². The average Bonchev–Trinajstić information content (AvgIpc) is 2.54. The van der Waals surface area contributed by atoms with E-state index in [9.17, 15) is 0 Å². The number of thioether (sulfide) groups is 1. The highest BCUT2D eigenvalue weighted by Crippen LogP contribution is 2.61. The van der Waals surface area contributed by atoms with Gasteiger partial charge in [-0.2, -0.15) is 4.98 Å². The van der Waals surface area contributed by atoms with Crippen LogP contribution in [0.2, 0.25) is 5.02 Å². The largest absolute Gasteiger partial charge is 0.477 e. The molecule has 1 aromatic rings. The molecule has 0 spiro atoms. The van der Waals surface area contributed by atoms with Crippen molar-refractivity contribution >= 4 is 52.2 Å². The molecule has 0 aromatic carbocycles. The molecule has 0 unspecified atom stereocenters. The monoisotopic (exact) mass is 416 g/mol. The molecule has 1 atom stereocenters. The molecule has 1 heterocycles. The minimum absolute atomic E-state index is 0.184. The SMILES string of the molecule is CCCS[P@@](=S)(OCC)OCc1nc(SC)nc(OCC)c1Cl. The van der Waals surface area contributed by atoms with E-state index in [0.29, 0.717) is 35.0 Å². The van der Waals surface area contributed by atoms with Crippen LogP contribution in [0.3, 0.4) is 0 Å². The van der Waals surface area contributed by atoms with Gasteiger partial charge >= 0.3 is 0 Å². The topological polar surface area (TPSA) is 53.5 Å². The fourth-order valence-corrected chi connectivity index (χ4v) is 6.56. The van der Waals surface area contributed by atoms with Crippen LogP contribution in [-0.4, -0.2) is 35.2 Å². The molecule has 0 radical (unpaired) electrons. The Balaban J connectivity index is 2.93. The van der Waals surface area contributed by atoms with Gasteiger partial charge in [-0.25, -0.2) is 4.98 Å². The van der Waals surface area contributed by atoms with Crippen LogP contribution in [-0.2, 0) is 27.5 Å². The normalized spacial score (nSPS) is 13.8. The molecule has 10 heteroatoms. The molecule has 0 saturated carbocycles. The lowest BCUT2D eigenvalue weighted by Crippen LogP contribution is -2.04. The van der Waals surface area contributed by atoms with E-state index in [1.54, 1.807) is 11.4 Å². The Morgan fingerprint density at radius 1 is 1.17 bits per heavy atom. The highest BCUT2D eigenvalue weighted by Gasteiger charge is 2.22. The van der Waals surface area contributed by atoms with Crippen molar-refractivity contribution in [1.82, 2.24) is 9.97 Å². The lowest BCUT2D eigenvalue weighted by atomic mass is 10.4. The summed E-state index contributed by atoms with van der Waals surface area (Å²) in [7, 11) is 0. The number of hydrogen-bond donors (Lipinski definition) is 0. The van der Waals surface area contributed by atoms with Gasteiger partial charge in [-0.1, -0.05) is 41.7 Å². The number of rotatable bonds is 11. The van der Waals surface area contributed by atoms with Crippen LogP contribution in [0.4, 0.5) is 0 Å². The van der Waals surface area contributed by atoms with Crippen LogP contribution in [0.1, 0.15) is 32.9 Å². The Bertz CT molecular complexity index is 551. The molecule has 0 N–H and O–H groups in total. The first-order chi connectivity index (χ1) is 11.0. The van der Waals surface area contributed by atoms with E-state index in [4.69, 9.17) is 37.2 Å². The molecule has 0 aliphatic heterocycles. The smallest absolute Gasteiger partial charge is 0.247 e. The zero-order valence-electron chi connectivity index (χ0n) is 13.7. The zero-order valence-corrected chi connectivity index (χ0v) is 17.8. The van der Waals surface area contributed by atoms with E-state index < -0.39 is 5.69 Å². The lowest BCUT2D eigenvalue weighted by Gasteiger charge is -2.21. The number of ether oxygens (including phenoxy) is 1. The van der Waals surface area contributed by atoms with E-state index in [2.05, 4.69) is 16.9 Å². The highest BCUT2D eigenvalue weighted by atomic mass is 35.5. The predicted molar refractivity (Wildman–Crippen MR) is 103 cm³/mol. The second-order valence-electron chi connectivity index (χ2n) is 4.18. The molecule has 1 aromatic heterocycles. The van der Waals surface area contributed by atoms with E-state index in [1.165, 1.54) is 11.8 Å². The molecular formula is C13H22ClN2O3PS3. The van der Waals surface area contributed by atoms with Gasteiger partial charge in [0.15, 0.2) is 5.16 Å². The van der Waals surface area contributed by atoms with Gasteiger partial charge in [0.2, 0.25) is 11.6 Å². The van der Waals surface area contributed by atoms with Crippen molar-refractivity contribution in [1.29, 1.82) is 0 Å². The first-order valence-corrected chi connectivity index (χ1v) is 13.1. The Hall–Kier alpha value is 0.440. The lowest BCUT2D eigenvalue weighted by molar-refractivity contribution is 0.256. The number of halogens is 1. The van der Waals surface area contributed by atoms with Crippen molar-refractivity contribution in [2.24, 2.45) is 0 Å². The average molecular weight is 417 g/mol. The summed E-state index contributed by atoms with van der Waals surface area (Å²) in [5, 5.41) is 0.950. The number of aromatic nitrogens is 2. The van der Waals surface area contributed by atoms with Crippen LogP contribution in [0, 0.1) is 0 Å². The number of hydrogen-bond acceptors (Lipinski definition) is 8. The molecule has 0 aliphatic carbocycles. The summed E-state index contributed by atoms with van der Waals surface area (Å²) >= 11 is 14.9. The fourth-order valence-electron chi connectivity index (χ4n) is 1.48. The van der Waals surface area contributed by atoms with Gasteiger partial charge < -0.3 is 13.8 Å². The summed E-state index contributed by atoms with van der Waals surface area (Å²) in [6.07, 6.45) is 2.91. The Labute approximate surface area is 156 Å². The van der Waals surface area contributed by atoms with Crippen LogP contribution in [0.15, 0.2) is 5.16 Å². The van der Waals surface area contributed by atoms with Gasteiger partial charge in [-0.05, 0) is 38.3 Å². The van der Waals surface area contributed by atoms with Crippen molar-refractivity contribution in [3.8, 4) is 5.88 Å². The first kappa shape index (κ1) is 21.5. The van der Waals surface area contributed by atoms with Crippen LogP contribution >= 0.6 is 40.4 Å². The molecular weight excluding hydrogens is 395 g/mol. The van der Waals surface area contributed by atoms with Gasteiger partial charge in [-0.15, -0.1) is 0 Å². The van der Waals surface area contributed by atoms with Crippen molar-refractivity contribution in [2.45, 2.75) is 39.0 Å². The molecule has 132 valence electrons. The van der Waals surface area contributed by atoms with Gasteiger partial charge in [0, 0.05) is 5.75 Å². The van der Waals surface area contributed by atoms with E-state index in [1.807, 2.05) is 20.1 Å². The van der Waals surface area contributed by atoms with Gasteiger partial charge in [-0.3, -0.25) is 0 Å². The maximum Gasteiger partial charge on any atom is 0.247 e. The Kier molecular flexibility index (Phi) is 10.4. The summed E-state index contributed by atoms with van der Waals surface area (Å²) in [6.45, 7) is 7.07. The van der Waals surface area contributed by atoms with Crippen LogP contribution < -0.4 is 4.74 Å². The summed E-state index contributed by atoms with van der Waals surface area (Å²) in [5.41, 5.74) is -1.82. The summed E-state index contributed by atoms with van der Waals surface area (Å²) in [4.78, 5) is 8.66. The molecule has 0 bridgehead atoms. The summed E-state index contributed by atoms with van der Waals surface area (Å²) < 4.78 is 17.0. The predicted octanol–water partition coefficient (Wildman–Crippen LogP) is 5.17. The number of nitrogens with zero attached hydrogens (tertiary/aromatic N) is 2. The van der Waals surface area contributed by atoms with Gasteiger partial charge in [0.25, 0.3) is 0 Å². The molecule has 1 rings (SSSR count). The maximum atomic E-state index is 6.32. The van der Waals surface area contributed by atoms with Crippen molar-refractivity contribution in [3.63, 3.8) is 0 Å². The second kappa shape index (κ2) is 11.1. The van der Waals surface area contributed by atoms with E-state index >= 15 is 0 Å². The third-order valence-corrected chi connectivity index (χ3v) is 9.00. The minimum atomic E-state index is -2.39. The Morgan fingerprint density at radius 2 is 1.91 bits per heavy atom. The molecule has 0 fully saturated rings. The van der Waals surface area contributed by atoms with Gasteiger partial charge in [0.05, 0.1) is 25.5 Å². The summed E-state index contributed by atoms with van der Waals surface area (Å²) in [5.74, 6) is 1.27. The molecule has 23 heavy (non-hydrogen) atoms. The zero-order chi connectivity index (χ0) is 17.3. The summed E-state index contributed by atoms with van der Waals surface area (Å²) in [6, 6.07) is 0. The van der Waals surface area contributed by atoms with E-state index in [-0.39, 0.29) is 6.61 Å². The Morgan fingerprint density at radius 3 is 2.48 bits per heavy atom. The third kappa shape index (κ3) is 7.06. The first-order valence-electron chi connectivity index (χ1n) is 7.26. The van der Waals surface area contributed by atoms with E-state index in [0.717, 1.165) is 12.2 Å². The molecule has 0 saturated heterocycles. The van der Waals surface area contributed by atoms with Gasteiger partial charge in [0.1, 0.15) is 5.02 Å². The minimum Gasteiger partial charge on any atom is -0.477 e. The van der Waals surface area contributed by atoms with Crippen molar-refractivity contribution in [3.05, 3.63) is 10.7 Å². The standard InChI is InChI=1S/C13H22ClN2O3PS3/c1-5-8-23-20(21,18-7-3)19-9-10-11(14)12(17-6-2)16-13(15-10)22-4/h5-9H2,1-4H3/t20-/m0/s1. The second-order valence-corrected chi connectivity index (χ2v) is 11.8. The quantitative estimate of drug-likeness (QED) is 0.278. The molecule has 0 aliphatic rings. The van der Waals surface area contributed by atoms with Crippen molar-refractivity contribution < 1.29 is 13.8 Å². The van der Waals surface area contributed by atoms with Crippen LogP contribution in [0.25, 0.3) is 0 Å². The molecule has 0 amide bonds. The third-order valence-electron chi connectivity index (χ3n) is 2.43. The highest BCUT2D eigenvalue weighted by molar-refractivity contribution is 8.67.